The van der Waals surface area contributed by atoms with E-state index in [1.165, 1.54) is 6.08 Å². The number of pyridine rings is 1. The van der Waals surface area contributed by atoms with E-state index in [1.54, 1.807) is 0 Å². The predicted octanol–water partition coefficient (Wildman–Crippen LogP) is 1.94. The number of nitrogens with zero attached hydrogens (tertiary/aromatic N) is 2. The summed E-state index contributed by atoms with van der Waals surface area (Å²) in [6.07, 6.45) is 4.01. The number of carbonyl (C=O) groups excluding carboxylic acids is 1. The molecule has 1 fully saturated rings. The summed E-state index contributed by atoms with van der Waals surface area (Å²) in [5, 5.41) is 8.55. The maximum absolute atomic E-state index is 11.9. The van der Waals surface area contributed by atoms with Crippen LogP contribution in [0.25, 0.3) is 6.08 Å². The largest absolute Gasteiger partial charge is 0.464 e. The number of aryl methyl sites for hydroxylation is 1. The number of amides is 2. The Morgan fingerprint density at radius 3 is 2.90 bits per heavy atom. The van der Waals surface area contributed by atoms with Crippen molar-refractivity contribution in [2.24, 2.45) is 0 Å². The summed E-state index contributed by atoms with van der Waals surface area (Å²) >= 11 is 4.74. The second kappa shape index (κ2) is 6.45. The van der Waals surface area contributed by atoms with Gasteiger partial charge in [-0.25, -0.2) is 4.79 Å². The number of imide groups is 1. The van der Waals surface area contributed by atoms with E-state index >= 15 is 0 Å². The van der Waals surface area contributed by atoms with E-state index < -0.39 is 12.0 Å². The van der Waals surface area contributed by atoms with Crippen molar-refractivity contribution < 1.29 is 24.0 Å². The number of carbonyl (C=O) groups is 2. The predicted molar refractivity (Wildman–Crippen MR) is 78.1 cm³/mol. The van der Waals surface area contributed by atoms with E-state index in [1.807, 2.05) is 29.0 Å². The van der Waals surface area contributed by atoms with Gasteiger partial charge in [-0.15, -0.1) is 0 Å². The van der Waals surface area contributed by atoms with Crippen LogP contribution in [0.1, 0.15) is 25.5 Å². The summed E-state index contributed by atoms with van der Waals surface area (Å²) < 4.78 is 7.06. The number of unbranched alkanes of at least 4 members (excludes halogenated alkanes) is 1. The monoisotopic (exact) mass is 307 g/mol. The van der Waals surface area contributed by atoms with Crippen molar-refractivity contribution >= 4 is 35.5 Å². The van der Waals surface area contributed by atoms with Gasteiger partial charge in [-0.1, -0.05) is 13.3 Å². The first-order valence-corrected chi connectivity index (χ1v) is 6.94. The number of thiocarbonyl (C=S) groups is 1. The molecule has 6 nitrogen and oxygen atoms in total. The Labute approximate surface area is 127 Å². The van der Waals surface area contributed by atoms with E-state index in [9.17, 15) is 9.59 Å². The summed E-state index contributed by atoms with van der Waals surface area (Å²) in [4.78, 5) is 23.3. The highest BCUT2D eigenvalue weighted by Gasteiger charge is 2.39. The number of aromatic nitrogens is 1. The maximum Gasteiger partial charge on any atom is 0.422 e. The zero-order valence-electron chi connectivity index (χ0n) is 11.5. The van der Waals surface area contributed by atoms with Gasteiger partial charge >= 0.3 is 12.0 Å². The lowest BCUT2D eigenvalue weighted by molar-refractivity contribution is -0.699. The molecule has 1 aliphatic heterocycles. The van der Waals surface area contributed by atoms with E-state index in [-0.39, 0.29) is 10.9 Å². The van der Waals surface area contributed by atoms with Crippen LogP contribution in [0, 0.1) is 0 Å². The van der Waals surface area contributed by atoms with Crippen molar-refractivity contribution in [2.75, 3.05) is 0 Å². The molecule has 7 heteroatoms. The van der Waals surface area contributed by atoms with Crippen LogP contribution in [-0.4, -0.2) is 27.2 Å². The Kier molecular flexibility index (Phi) is 4.64. The zero-order valence-corrected chi connectivity index (χ0v) is 12.3. The number of carboxylic acid groups (broad SMARTS) is 1. The summed E-state index contributed by atoms with van der Waals surface area (Å²) in [5.41, 5.74) is 0.754. The van der Waals surface area contributed by atoms with Crippen LogP contribution in [-0.2, 0) is 16.1 Å². The molecule has 0 aromatic carbocycles. The third kappa shape index (κ3) is 3.25. The van der Waals surface area contributed by atoms with Gasteiger partial charge in [-0.05, 0) is 18.3 Å². The Morgan fingerprint density at radius 2 is 2.29 bits per heavy atom. The van der Waals surface area contributed by atoms with Crippen LogP contribution in [0.2, 0.25) is 0 Å². The third-order valence-electron chi connectivity index (χ3n) is 2.99. The van der Waals surface area contributed by atoms with E-state index in [0.717, 1.165) is 25.1 Å². The lowest BCUT2D eigenvalue weighted by atomic mass is 10.2. The molecule has 0 saturated carbocycles. The Hall–Kier alpha value is -2.28. The zero-order chi connectivity index (χ0) is 15.4. The van der Waals surface area contributed by atoms with Gasteiger partial charge < -0.3 is 9.84 Å². The summed E-state index contributed by atoms with van der Waals surface area (Å²) in [6.45, 7) is 2.89. The fourth-order valence-electron chi connectivity index (χ4n) is 1.92. The van der Waals surface area contributed by atoms with Crippen LogP contribution in [0.5, 0.6) is 0 Å². The molecule has 2 heterocycles. The van der Waals surface area contributed by atoms with E-state index in [4.69, 9.17) is 22.1 Å². The van der Waals surface area contributed by atoms with Crippen molar-refractivity contribution in [3.8, 4) is 0 Å². The molecular formula is C14H15N2O4S+. The second-order valence-electron chi connectivity index (χ2n) is 4.47. The maximum atomic E-state index is 11.9. The Balaban J connectivity index is 2.30. The molecule has 2 amide bonds. The first kappa shape index (κ1) is 15.1. The van der Waals surface area contributed by atoms with Gasteiger partial charge in [0.25, 0.3) is 5.17 Å². The molecule has 0 aliphatic carbocycles. The third-order valence-corrected chi connectivity index (χ3v) is 3.26. The van der Waals surface area contributed by atoms with Gasteiger partial charge in [-0.3, -0.25) is 4.79 Å². The fraction of sp³-hybridized carbons (Fsp3) is 0.286. The summed E-state index contributed by atoms with van der Waals surface area (Å²) in [5.74, 6) is -0.850. The molecule has 1 aromatic heterocycles. The first-order chi connectivity index (χ1) is 10.0. The highest BCUT2D eigenvalue weighted by Crippen LogP contribution is 2.19. The van der Waals surface area contributed by atoms with Gasteiger partial charge in [0, 0.05) is 18.6 Å². The van der Waals surface area contributed by atoms with Crippen LogP contribution >= 0.6 is 12.2 Å². The normalized spacial score (nSPS) is 16.4. The van der Waals surface area contributed by atoms with Gasteiger partial charge in [0.15, 0.2) is 6.20 Å². The first-order valence-electron chi connectivity index (χ1n) is 6.54. The van der Waals surface area contributed by atoms with Crippen molar-refractivity contribution in [1.29, 1.82) is 0 Å². The molecule has 0 unspecified atom stereocenters. The molecule has 1 saturated heterocycles. The van der Waals surface area contributed by atoms with Crippen molar-refractivity contribution in [3.63, 3.8) is 0 Å². The minimum Gasteiger partial charge on any atom is -0.464 e. The van der Waals surface area contributed by atoms with Crippen LogP contribution in [0.3, 0.4) is 0 Å². The fourth-order valence-corrected chi connectivity index (χ4v) is 2.17. The minimum atomic E-state index is -1.44. The van der Waals surface area contributed by atoms with Crippen molar-refractivity contribution in [1.82, 2.24) is 4.90 Å². The lowest BCUT2D eigenvalue weighted by Gasteiger charge is -2.02. The van der Waals surface area contributed by atoms with Gasteiger partial charge in [0.2, 0.25) is 11.5 Å². The smallest absolute Gasteiger partial charge is 0.422 e. The highest BCUT2D eigenvalue weighted by atomic mass is 32.1. The topological polar surface area (TPSA) is 70.7 Å². The SMILES string of the molecule is CCCC[n+]1ccccc1C=C1OC(=S)N(C(=O)O)C1=O. The molecule has 1 aliphatic rings. The number of ether oxygens (including phenoxy) is 1. The quantitative estimate of drug-likeness (QED) is 0.523. The molecule has 1 N–H and O–H groups in total. The van der Waals surface area contributed by atoms with E-state index in [2.05, 4.69) is 6.92 Å². The summed E-state index contributed by atoms with van der Waals surface area (Å²) in [6, 6.07) is 5.55. The number of hydrogen-bond donors (Lipinski definition) is 1. The van der Waals surface area contributed by atoms with Gasteiger partial charge in [0.1, 0.15) is 6.54 Å². The molecule has 2 rings (SSSR count). The Bertz CT molecular complexity index is 627. The average Bonchev–Trinajstić information content (AvgIpc) is 2.72. The number of hydrogen-bond acceptors (Lipinski definition) is 4. The van der Waals surface area contributed by atoms with Crippen LogP contribution in [0.4, 0.5) is 4.79 Å². The highest BCUT2D eigenvalue weighted by molar-refractivity contribution is 7.80. The molecule has 1 aromatic rings. The van der Waals surface area contributed by atoms with Gasteiger partial charge in [-0.2, -0.15) is 9.47 Å². The molecule has 0 radical (unpaired) electrons. The molecule has 0 bridgehead atoms. The minimum absolute atomic E-state index is 0.0844. The van der Waals surface area contributed by atoms with Gasteiger partial charge in [0.05, 0.1) is 6.08 Å². The average molecular weight is 307 g/mol. The van der Waals surface area contributed by atoms with Crippen LogP contribution < -0.4 is 4.57 Å². The van der Waals surface area contributed by atoms with Crippen molar-refractivity contribution in [3.05, 3.63) is 35.8 Å². The van der Waals surface area contributed by atoms with Crippen LogP contribution in [0.15, 0.2) is 30.2 Å². The molecule has 21 heavy (non-hydrogen) atoms. The molecule has 0 atom stereocenters. The van der Waals surface area contributed by atoms with Crippen molar-refractivity contribution in [2.45, 2.75) is 26.3 Å². The van der Waals surface area contributed by atoms with E-state index in [0.29, 0.717) is 4.90 Å². The number of rotatable bonds is 4. The molecule has 110 valence electrons. The second-order valence-corrected chi connectivity index (χ2v) is 4.82. The molecule has 0 spiro atoms. The summed E-state index contributed by atoms with van der Waals surface area (Å²) in [7, 11) is 0. The molecular weight excluding hydrogens is 292 g/mol. The lowest BCUT2D eigenvalue weighted by Crippen LogP contribution is -2.36. The standard InChI is InChI=1S/C14H14N2O4S/c1-2-3-7-15-8-5-4-6-10(15)9-11-12(17)16(13(18)19)14(21)20-11/h4-6,8-9H,2-3,7H2,1H3/p+1. The Morgan fingerprint density at radius 1 is 1.52 bits per heavy atom.